The number of hydrogen-bond acceptors (Lipinski definition) is 3. The predicted molar refractivity (Wildman–Crippen MR) is 96.7 cm³/mol. The van der Waals surface area contributed by atoms with Crippen LogP contribution >= 0.6 is 11.3 Å². The molecule has 5 heteroatoms. The first-order chi connectivity index (χ1) is 10.6. The number of aryl methyl sites for hydroxylation is 1. The Kier molecular flexibility index (Phi) is 6.70. The lowest BCUT2D eigenvalue weighted by molar-refractivity contribution is 0.147. The maximum Gasteiger partial charge on any atom is 0.191 e. The largest absolute Gasteiger partial charge is 0.355 e. The number of nitrogens with zero attached hydrogens (tertiary/aromatic N) is 2. The molecule has 0 aromatic carbocycles. The van der Waals surface area contributed by atoms with Crippen LogP contribution < -0.4 is 10.6 Å². The lowest BCUT2D eigenvalue weighted by Gasteiger charge is -2.35. The van der Waals surface area contributed by atoms with Gasteiger partial charge in [0.25, 0.3) is 0 Å². The molecule has 4 nitrogen and oxygen atoms in total. The zero-order chi connectivity index (χ0) is 15.9. The lowest BCUT2D eigenvalue weighted by atomic mass is 9.98. The molecular formula is C17H30N4S. The van der Waals surface area contributed by atoms with E-state index in [0.717, 1.165) is 25.0 Å². The molecule has 2 rings (SSSR count). The first-order valence-corrected chi connectivity index (χ1v) is 9.14. The van der Waals surface area contributed by atoms with Gasteiger partial charge in [-0.1, -0.05) is 6.92 Å². The van der Waals surface area contributed by atoms with Gasteiger partial charge in [0.1, 0.15) is 0 Å². The van der Waals surface area contributed by atoms with Crippen LogP contribution in [0.2, 0.25) is 0 Å². The molecule has 1 aliphatic rings. The minimum absolute atomic E-state index is 0.551. The second-order valence-electron chi connectivity index (χ2n) is 6.39. The number of aliphatic imine (C=N–C) groups is 1. The Labute approximate surface area is 139 Å². The molecule has 0 amide bonds. The summed E-state index contributed by atoms with van der Waals surface area (Å²) in [6, 6.07) is 4.89. The molecule has 22 heavy (non-hydrogen) atoms. The van der Waals surface area contributed by atoms with Gasteiger partial charge in [-0.2, -0.15) is 0 Å². The van der Waals surface area contributed by atoms with Crippen molar-refractivity contribution in [2.75, 3.05) is 26.7 Å². The van der Waals surface area contributed by atoms with Crippen LogP contribution in [0.5, 0.6) is 0 Å². The van der Waals surface area contributed by atoms with E-state index in [0.29, 0.717) is 6.04 Å². The summed E-state index contributed by atoms with van der Waals surface area (Å²) >= 11 is 1.83. The third kappa shape index (κ3) is 5.29. The standard InChI is InChI=1S/C17H30N4S/c1-13-7-9-21(10-8-13)14(2)11-19-17(18-4)20-12-16-6-5-15(3)22-16/h5-6,13-14H,7-12H2,1-4H3,(H2,18,19,20). The fraction of sp³-hybridized carbons (Fsp3) is 0.706. The zero-order valence-corrected chi connectivity index (χ0v) is 15.2. The number of thiophene rings is 1. The number of piperidine rings is 1. The monoisotopic (exact) mass is 322 g/mol. The van der Waals surface area contributed by atoms with E-state index >= 15 is 0 Å². The molecule has 1 fully saturated rings. The molecule has 124 valence electrons. The Hall–Kier alpha value is -1.07. The van der Waals surface area contributed by atoms with Crippen LogP contribution in [0.1, 0.15) is 36.4 Å². The Morgan fingerprint density at radius 2 is 2.09 bits per heavy atom. The molecule has 1 saturated heterocycles. The summed E-state index contributed by atoms with van der Waals surface area (Å²) in [5.41, 5.74) is 0. The summed E-state index contributed by atoms with van der Waals surface area (Å²) in [5, 5.41) is 6.85. The first kappa shape index (κ1) is 17.3. The minimum Gasteiger partial charge on any atom is -0.355 e. The second-order valence-corrected chi connectivity index (χ2v) is 7.76. The van der Waals surface area contributed by atoms with E-state index in [1.54, 1.807) is 0 Å². The third-order valence-corrected chi connectivity index (χ3v) is 5.46. The smallest absolute Gasteiger partial charge is 0.191 e. The quantitative estimate of drug-likeness (QED) is 0.647. The normalized spacial score (nSPS) is 19.2. The van der Waals surface area contributed by atoms with Crippen molar-refractivity contribution in [3.05, 3.63) is 21.9 Å². The Bertz CT molecular complexity index is 475. The van der Waals surface area contributed by atoms with E-state index in [2.05, 4.69) is 53.4 Å². The molecule has 2 heterocycles. The number of rotatable bonds is 5. The number of nitrogens with one attached hydrogen (secondary N) is 2. The van der Waals surface area contributed by atoms with Crippen LogP contribution in [0.3, 0.4) is 0 Å². The van der Waals surface area contributed by atoms with Crippen LogP contribution in [0, 0.1) is 12.8 Å². The van der Waals surface area contributed by atoms with Crippen molar-refractivity contribution >= 4 is 17.3 Å². The van der Waals surface area contributed by atoms with Gasteiger partial charge >= 0.3 is 0 Å². The maximum absolute atomic E-state index is 4.32. The highest BCUT2D eigenvalue weighted by atomic mass is 32.1. The molecule has 2 N–H and O–H groups in total. The summed E-state index contributed by atoms with van der Waals surface area (Å²) in [5.74, 6) is 1.78. The van der Waals surface area contributed by atoms with Gasteiger partial charge in [0.2, 0.25) is 0 Å². The van der Waals surface area contributed by atoms with Crippen LogP contribution in [0.4, 0.5) is 0 Å². The topological polar surface area (TPSA) is 39.7 Å². The molecule has 1 unspecified atom stereocenters. The van der Waals surface area contributed by atoms with E-state index in [4.69, 9.17) is 0 Å². The third-order valence-electron chi connectivity index (χ3n) is 4.46. The van der Waals surface area contributed by atoms with Crippen molar-refractivity contribution in [1.82, 2.24) is 15.5 Å². The van der Waals surface area contributed by atoms with Crippen molar-refractivity contribution in [2.24, 2.45) is 10.9 Å². The van der Waals surface area contributed by atoms with Gasteiger partial charge in [0, 0.05) is 29.4 Å². The zero-order valence-electron chi connectivity index (χ0n) is 14.4. The summed E-state index contributed by atoms with van der Waals surface area (Å²) in [7, 11) is 1.84. The molecule has 0 spiro atoms. The van der Waals surface area contributed by atoms with Gasteiger partial charge in [-0.15, -0.1) is 11.3 Å². The van der Waals surface area contributed by atoms with Crippen LogP contribution in [0.25, 0.3) is 0 Å². The molecule has 1 aromatic rings. The molecule has 0 aliphatic carbocycles. The van der Waals surface area contributed by atoms with Gasteiger partial charge < -0.3 is 10.6 Å². The fourth-order valence-electron chi connectivity index (χ4n) is 2.81. The lowest BCUT2D eigenvalue weighted by Crippen LogP contribution is -2.47. The highest BCUT2D eigenvalue weighted by molar-refractivity contribution is 7.11. The Morgan fingerprint density at radius 1 is 1.36 bits per heavy atom. The molecule has 0 bridgehead atoms. The van der Waals surface area contributed by atoms with Crippen LogP contribution in [-0.2, 0) is 6.54 Å². The van der Waals surface area contributed by atoms with Gasteiger partial charge in [0.15, 0.2) is 5.96 Å². The molecule has 1 aromatic heterocycles. The van der Waals surface area contributed by atoms with Crippen molar-refractivity contribution < 1.29 is 0 Å². The molecule has 1 atom stereocenters. The predicted octanol–water partition coefficient (Wildman–Crippen LogP) is 2.84. The summed E-state index contributed by atoms with van der Waals surface area (Å²) in [6.07, 6.45) is 2.66. The Morgan fingerprint density at radius 3 is 2.68 bits per heavy atom. The van der Waals surface area contributed by atoms with E-state index in [1.165, 1.54) is 35.7 Å². The van der Waals surface area contributed by atoms with E-state index in [9.17, 15) is 0 Å². The molecule has 1 aliphatic heterocycles. The fourth-order valence-corrected chi connectivity index (χ4v) is 3.64. The van der Waals surface area contributed by atoms with Crippen molar-refractivity contribution in [3.8, 4) is 0 Å². The SMILES string of the molecule is CN=C(NCc1ccc(C)s1)NCC(C)N1CCC(C)CC1. The number of guanidine groups is 1. The highest BCUT2D eigenvalue weighted by Gasteiger charge is 2.20. The van der Waals surface area contributed by atoms with Gasteiger partial charge in [-0.3, -0.25) is 9.89 Å². The van der Waals surface area contributed by atoms with Crippen LogP contribution in [-0.4, -0.2) is 43.6 Å². The average Bonchev–Trinajstić information content (AvgIpc) is 2.93. The number of likely N-dealkylation sites (tertiary alicyclic amines) is 1. The van der Waals surface area contributed by atoms with E-state index in [-0.39, 0.29) is 0 Å². The summed E-state index contributed by atoms with van der Waals surface area (Å²) in [6.45, 7) is 11.0. The molecular weight excluding hydrogens is 292 g/mol. The maximum atomic E-state index is 4.32. The summed E-state index contributed by atoms with van der Waals surface area (Å²) in [4.78, 5) is 9.61. The van der Waals surface area contributed by atoms with Gasteiger partial charge in [-0.25, -0.2) is 0 Å². The molecule has 0 radical (unpaired) electrons. The van der Waals surface area contributed by atoms with Gasteiger partial charge in [-0.05, 0) is 57.8 Å². The highest BCUT2D eigenvalue weighted by Crippen LogP contribution is 2.17. The number of hydrogen-bond donors (Lipinski definition) is 2. The first-order valence-electron chi connectivity index (χ1n) is 8.32. The van der Waals surface area contributed by atoms with E-state index in [1.807, 2.05) is 18.4 Å². The van der Waals surface area contributed by atoms with Crippen molar-refractivity contribution in [1.29, 1.82) is 0 Å². The van der Waals surface area contributed by atoms with Crippen molar-refractivity contribution in [3.63, 3.8) is 0 Å². The average molecular weight is 323 g/mol. The Balaban J connectivity index is 1.71. The second kappa shape index (κ2) is 8.53. The summed E-state index contributed by atoms with van der Waals surface area (Å²) < 4.78 is 0. The van der Waals surface area contributed by atoms with Crippen molar-refractivity contribution in [2.45, 2.75) is 46.2 Å². The molecule has 0 saturated carbocycles. The minimum atomic E-state index is 0.551. The van der Waals surface area contributed by atoms with Crippen LogP contribution in [0.15, 0.2) is 17.1 Å². The van der Waals surface area contributed by atoms with E-state index < -0.39 is 0 Å². The van der Waals surface area contributed by atoms with Gasteiger partial charge in [0.05, 0.1) is 6.54 Å².